The first-order chi connectivity index (χ1) is 26.0. The number of nitrogens with two attached hydrogens (primary N) is 1. The molecule has 0 unspecified atom stereocenters. The van der Waals surface area contributed by atoms with Crippen LogP contribution in [0.2, 0.25) is 10.0 Å². The molecule has 53 heavy (non-hydrogen) atoms. The number of hydrogen-bond donors (Lipinski definition) is 4. The third kappa shape index (κ3) is 6.72. The lowest BCUT2D eigenvalue weighted by Gasteiger charge is -2.13. The quantitative estimate of drug-likeness (QED) is 0.0556. The van der Waals surface area contributed by atoms with E-state index >= 15 is 0 Å². The summed E-state index contributed by atoms with van der Waals surface area (Å²) in [7, 11) is 0. The first-order valence-electron chi connectivity index (χ1n) is 16.1. The first kappa shape index (κ1) is 33.4. The number of halogens is 2. The molecule has 0 aliphatic rings. The molecule has 0 spiro atoms. The minimum Gasteiger partial charge on any atom is -0.423 e. The molecule has 258 valence electrons. The SMILES string of the molecule is Clc1cccc(Nc2nc3c(-c4nnco4)cccc3c3cnccc23)c1.NNC(=O)c1cccc2c1nc(Nc1cccc(Cl)c1)c1ccncc12. The average molecular weight is 738 g/mol. The summed E-state index contributed by atoms with van der Waals surface area (Å²) in [6.07, 6.45) is 8.35. The highest BCUT2D eigenvalue weighted by Crippen LogP contribution is 2.36. The Kier molecular flexibility index (Phi) is 9.13. The fourth-order valence-electron chi connectivity index (χ4n) is 6.06. The van der Waals surface area contributed by atoms with Crippen molar-refractivity contribution in [3.8, 4) is 11.5 Å². The van der Waals surface area contributed by atoms with Crippen LogP contribution < -0.4 is 21.9 Å². The largest absolute Gasteiger partial charge is 0.423 e. The van der Waals surface area contributed by atoms with Gasteiger partial charge in [-0.15, -0.1) is 10.2 Å². The van der Waals surface area contributed by atoms with Gasteiger partial charge in [0.2, 0.25) is 12.3 Å². The molecule has 0 aliphatic heterocycles. The Hall–Kier alpha value is -6.73. The molecule has 5 aromatic heterocycles. The number of anilines is 4. The van der Waals surface area contributed by atoms with Gasteiger partial charge >= 0.3 is 0 Å². The molecule has 4 aromatic carbocycles. The lowest BCUT2D eigenvalue weighted by molar-refractivity contribution is 0.0955. The Balaban J connectivity index is 0.000000151. The standard InChI is InChI=1S/C20H12ClN5O.C19H14ClN5O/c21-12-3-1-4-13(9-12)24-19-15-7-8-22-10-17(15)14-5-2-6-16(18(14)25-19)20-26-23-11-27-20;20-11-3-1-4-12(9-11)23-18-14-7-8-22-10-16(14)13-5-2-6-15(17(13)24-18)19(26)25-21/h1-11H,(H,24,25);1-10H,21H2,(H,23,24)(H,25,26). The van der Waals surface area contributed by atoms with E-state index in [0.29, 0.717) is 38.7 Å². The highest BCUT2D eigenvalue weighted by Gasteiger charge is 2.17. The predicted octanol–water partition coefficient (Wildman–Crippen LogP) is 9.01. The van der Waals surface area contributed by atoms with Crippen molar-refractivity contribution in [2.75, 3.05) is 10.6 Å². The number of nitrogen functional groups attached to an aromatic ring is 1. The summed E-state index contributed by atoms with van der Waals surface area (Å²) in [5.41, 5.74) is 6.27. The van der Waals surface area contributed by atoms with E-state index in [1.807, 2.05) is 79.0 Å². The van der Waals surface area contributed by atoms with E-state index in [9.17, 15) is 4.79 Å². The van der Waals surface area contributed by atoms with E-state index < -0.39 is 5.91 Å². The number of nitrogens with zero attached hydrogens (tertiary/aromatic N) is 6. The maximum Gasteiger partial charge on any atom is 0.267 e. The summed E-state index contributed by atoms with van der Waals surface area (Å²) in [4.78, 5) is 30.2. The van der Waals surface area contributed by atoms with Gasteiger partial charge in [0.05, 0.1) is 22.2 Å². The van der Waals surface area contributed by atoms with Gasteiger partial charge in [-0.25, -0.2) is 15.8 Å². The van der Waals surface area contributed by atoms with Gasteiger partial charge in [-0.05, 0) is 60.7 Å². The molecule has 9 rings (SSSR count). The second-order valence-corrected chi connectivity index (χ2v) is 12.5. The molecule has 5 heterocycles. The minimum absolute atomic E-state index is 0.393. The van der Waals surface area contributed by atoms with Crippen LogP contribution >= 0.6 is 23.2 Å². The van der Waals surface area contributed by atoms with Crippen LogP contribution in [-0.2, 0) is 0 Å². The van der Waals surface area contributed by atoms with Crippen molar-refractivity contribution in [1.29, 1.82) is 0 Å². The lowest BCUT2D eigenvalue weighted by Crippen LogP contribution is -2.30. The molecule has 0 aliphatic carbocycles. The summed E-state index contributed by atoms with van der Waals surface area (Å²) in [5, 5.41) is 21.2. The summed E-state index contributed by atoms with van der Waals surface area (Å²) in [5.74, 6) is 6.64. The van der Waals surface area contributed by atoms with Crippen LogP contribution in [0.3, 0.4) is 0 Å². The van der Waals surface area contributed by atoms with Crippen molar-refractivity contribution in [2.45, 2.75) is 0 Å². The predicted molar refractivity (Wildman–Crippen MR) is 209 cm³/mol. The van der Waals surface area contributed by atoms with E-state index in [1.54, 1.807) is 42.9 Å². The molecule has 0 saturated heterocycles. The number of aromatic nitrogens is 6. The van der Waals surface area contributed by atoms with Crippen LogP contribution in [0.5, 0.6) is 0 Å². The van der Waals surface area contributed by atoms with E-state index in [0.717, 1.165) is 54.8 Å². The van der Waals surface area contributed by atoms with Crippen molar-refractivity contribution in [2.24, 2.45) is 5.84 Å². The van der Waals surface area contributed by atoms with Gasteiger partial charge in [0.1, 0.15) is 11.6 Å². The van der Waals surface area contributed by atoms with Crippen molar-refractivity contribution in [1.82, 2.24) is 35.6 Å². The zero-order chi connectivity index (χ0) is 36.3. The van der Waals surface area contributed by atoms with E-state index in [2.05, 4.69) is 36.2 Å². The number of pyridine rings is 4. The van der Waals surface area contributed by atoms with Gasteiger partial charge in [-0.1, -0.05) is 59.6 Å². The lowest BCUT2D eigenvalue weighted by atomic mass is 10.0. The number of hydrazine groups is 1. The third-order valence-corrected chi connectivity index (χ3v) is 8.86. The molecule has 0 radical (unpaired) electrons. The fraction of sp³-hybridized carbons (Fsp3) is 0. The number of para-hydroxylation sites is 2. The van der Waals surface area contributed by atoms with Crippen molar-refractivity contribution >= 4 is 95.5 Å². The van der Waals surface area contributed by atoms with Crippen molar-refractivity contribution < 1.29 is 9.21 Å². The molecule has 0 atom stereocenters. The summed E-state index contributed by atoms with van der Waals surface area (Å²) >= 11 is 12.2. The molecule has 1 amide bonds. The van der Waals surface area contributed by atoms with Gasteiger partial charge in [0.15, 0.2) is 0 Å². The number of amides is 1. The topological polar surface area (TPSA) is 170 Å². The molecule has 12 nitrogen and oxygen atoms in total. The number of carbonyl (C=O) groups excluding carboxylic acids is 1. The number of fused-ring (bicyclic) bond motifs is 6. The van der Waals surface area contributed by atoms with E-state index in [-0.39, 0.29) is 0 Å². The highest BCUT2D eigenvalue weighted by molar-refractivity contribution is 6.31. The minimum atomic E-state index is -0.403. The van der Waals surface area contributed by atoms with Gasteiger partial charge in [-0.2, -0.15) is 0 Å². The van der Waals surface area contributed by atoms with Gasteiger partial charge < -0.3 is 15.1 Å². The molecule has 0 bridgehead atoms. The maximum absolute atomic E-state index is 12.1. The molecule has 0 fully saturated rings. The fourth-order valence-corrected chi connectivity index (χ4v) is 6.44. The monoisotopic (exact) mass is 736 g/mol. The van der Waals surface area contributed by atoms with Crippen LogP contribution in [0.25, 0.3) is 54.8 Å². The van der Waals surface area contributed by atoms with Crippen molar-refractivity contribution in [3.05, 3.63) is 144 Å². The molecule has 14 heteroatoms. The Bertz CT molecular complexity index is 2800. The number of hydrogen-bond acceptors (Lipinski definition) is 11. The zero-order valence-electron chi connectivity index (χ0n) is 27.5. The Morgan fingerprint density at radius 1 is 0.642 bits per heavy atom. The third-order valence-electron chi connectivity index (χ3n) is 8.39. The summed E-state index contributed by atoms with van der Waals surface area (Å²) in [6, 6.07) is 29.9. The zero-order valence-corrected chi connectivity index (χ0v) is 29.0. The van der Waals surface area contributed by atoms with Crippen LogP contribution in [-0.4, -0.2) is 36.0 Å². The maximum atomic E-state index is 12.1. The Morgan fingerprint density at radius 2 is 1.21 bits per heavy atom. The molecule has 9 aromatic rings. The molecule has 0 saturated carbocycles. The highest BCUT2D eigenvalue weighted by atomic mass is 35.5. The van der Waals surface area contributed by atoms with Crippen LogP contribution in [0, 0.1) is 0 Å². The van der Waals surface area contributed by atoms with E-state index in [4.69, 9.17) is 43.4 Å². The Morgan fingerprint density at radius 3 is 1.77 bits per heavy atom. The van der Waals surface area contributed by atoms with Crippen LogP contribution in [0.4, 0.5) is 23.0 Å². The van der Waals surface area contributed by atoms with Gasteiger partial charge in [0.25, 0.3) is 5.91 Å². The van der Waals surface area contributed by atoms with Crippen LogP contribution in [0.1, 0.15) is 10.4 Å². The number of benzene rings is 4. The normalized spacial score (nSPS) is 11.0. The first-order valence-corrected chi connectivity index (χ1v) is 16.9. The number of nitrogens with one attached hydrogen (secondary N) is 3. The molecular weight excluding hydrogens is 711 g/mol. The second-order valence-electron chi connectivity index (χ2n) is 11.7. The van der Waals surface area contributed by atoms with Gasteiger partial charge in [-0.3, -0.25) is 20.2 Å². The number of rotatable bonds is 6. The smallest absolute Gasteiger partial charge is 0.267 e. The number of carbonyl (C=O) groups is 1. The van der Waals surface area contributed by atoms with Crippen molar-refractivity contribution in [3.63, 3.8) is 0 Å². The summed E-state index contributed by atoms with van der Waals surface area (Å²) < 4.78 is 5.40. The van der Waals surface area contributed by atoms with Crippen LogP contribution in [0.15, 0.2) is 133 Å². The van der Waals surface area contributed by atoms with Gasteiger partial charge in [0, 0.05) is 78.5 Å². The molecule has 5 N–H and O–H groups in total. The summed E-state index contributed by atoms with van der Waals surface area (Å²) in [6.45, 7) is 0. The second kappa shape index (κ2) is 14.5. The Labute approximate surface area is 311 Å². The molecular formula is C39H26Cl2N10O2. The van der Waals surface area contributed by atoms with E-state index in [1.165, 1.54) is 6.39 Å². The average Bonchev–Trinajstić information content (AvgIpc) is 3.73.